The van der Waals surface area contributed by atoms with Crippen LogP contribution in [0.4, 0.5) is 0 Å². The van der Waals surface area contributed by atoms with Gasteiger partial charge in [-0.3, -0.25) is 14.9 Å². The second kappa shape index (κ2) is 13.9. The molecule has 1 heterocycles. The molecule has 0 aromatic heterocycles. The Hall–Kier alpha value is -2.45. The van der Waals surface area contributed by atoms with Crippen molar-refractivity contribution in [3.63, 3.8) is 0 Å². The summed E-state index contributed by atoms with van der Waals surface area (Å²) in [6.07, 6.45) is 4.62. The highest BCUT2D eigenvalue weighted by Crippen LogP contribution is 2.13. The fourth-order valence-electron chi connectivity index (χ4n) is 3.84. The molecule has 1 amide bonds. The van der Waals surface area contributed by atoms with Gasteiger partial charge in [0.05, 0.1) is 19.3 Å². The molecule has 0 saturated carbocycles. The summed E-state index contributed by atoms with van der Waals surface area (Å²) in [6.45, 7) is 4.45. The number of aryl methyl sites for hydroxylation is 1. The van der Waals surface area contributed by atoms with Gasteiger partial charge in [-0.05, 0) is 45.1 Å². The number of nitrogens with one attached hydrogen (secondary N) is 1. The quantitative estimate of drug-likeness (QED) is 0.559. The fourth-order valence-corrected chi connectivity index (χ4v) is 3.84. The van der Waals surface area contributed by atoms with E-state index < -0.39 is 30.1 Å². The van der Waals surface area contributed by atoms with Crippen molar-refractivity contribution in [2.75, 3.05) is 26.4 Å². The Kier molecular flexibility index (Phi) is 11.2. The number of ether oxygens (including phenoxy) is 2. The van der Waals surface area contributed by atoms with Gasteiger partial charge in [0, 0.05) is 13.2 Å². The predicted octanol–water partition coefficient (Wildman–Crippen LogP) is 2.40. The number of rotatable bonds is 9. The number of carboxylic acids is 1. The van der Waals surface area contributed by atoms with E-state index in [1.165, 1.54) is 4.90 Å². The van der Waals surface area contributed by atoms with Crippen LogP contribution in [0.2, 0.25) is 0 Å². The van der Waals surface area contributed by atoms with Crippen molar-refractivity contribution >= 4 is 17.8 Å². The van der Waals surface area contributed by atoms with Crippen LogP contribution in [0.25, 0.3) is 0 Å². The molecule has 1 aromatic rings. The molecule has 2 N–H and O–H groups in total. The molecule has 178 valence electrons. The summed E-state index contributed by atoms with van der Waals surface area (Å²) >= 11 is 0. The van der Waals surface area contributed by atoms with Gasteiger partial charge in [0.2, 0.25) is 5.91 Å². The summed E-state index contributed by atoms with van der Waals surface area (Å²) in [6, 6.07) is 7.32. The lowest BCUT2D eigenvalue weighted by molar-refractivity contribution is -0.155. The van der Waals surface area contributed by atoms with Crippen molar-refractivity contribution in [1.82, 2.24) is 10.2 Å². The minimum atomic E-state index is -1.09. The molecule has 0 bridgehead atoms. The molecule has 1 aliphatic heterocycles. The summed E-state index contributed by atoms with van der Waals surface area (Å²) in [5.74, 6) is -1.85. The van der Waals surface area contributed by atoms with Gasteiger partial charge >= 0.3 is 11.9 Å². The Labute approximate surface area is 190 Å². The fraction of sp³-hybridized carbons (Fsp3) is 0.625. The molecule has 2 unspecified atom stereocenters. The van der Waals surface area contributed by atoms with Gasteiger partial charge in [-0.1, -0.05) is 43.2 Å². The molecule has 1 aromatic carbocycles. The number of carbonyl (C=O) groups is 3. The monoisotopic (exact) mass is 448 g/mol. The third-order valence-corrected chi connectivity index (χ3v) is 5.62. The van der Waals surface area contributed by atoms with Crippen LogP contribution in [0.5, 0.6) is 0 Å². The number of carbonyl (C=O) groups excluding carboxylic acids is 2. The van der Waals surface area contributed by atoms with Crippen molar-refractivity contribution in [1.29, 1.82) is 0 Å². The van der Waals surface area contributed by atoms with Crippen LogP contribution in [0.3, 0.4) is 0 Å². The third kappa shape index (κ3) is 8.24. The molecular weight excluding hydrogens is 412 g/mol. The van der Waals surface area contributed by atoms with Crippen molar-refractivity contribution in [2.24, 2.45) is 0 Å². The van der Waals surface area contributed by atoms with E-state index in [4.69, 9.17) is 9.47 Å². The minimum Gasteiger partial charge on any atom is -0.480 e. The zero-order valence-electron chi connectivity index (χ0n) is 19.1. The van der Waals surface area contributed by atoms with Crippen molar-refractivity contribution in [3.05, 3.63) is 35.9 Å². The number of benzene rings is 1. The summed E-state index contributed by atoms with van der Waals surface area (Å²) in [5, 5.41) is 12.8. The molecule has 1 aliphatic rings. The van der Waals surface area contributed by atoms with Gasteiger partial charge in [0.25, 0.3) is 0 Å². The maximum absolute atomic E-state index is 13.3. The average Bonchev–Trinajstić information content (AvgIpc) is 2.79. The number of hydrogen-bond acceptors (Lipinski definition) is 6. The molecule has 8 heteroatoms. The van der Waals surface area contributed by atoms with Gasteiger partial charge in [-0.15, -0.1) is 0 Å². The van der Waals surface area contributed by atoms with Crippen LogP contribution in [-0.4, -0.2) is 72.3 Å². The van der Waals surface area contributed by atoms with Crippen molar-refractivity contribution in [3.8, 4) is 0 Å². The topological polar surface area (TPSA) is 105 Å². The highest BCUT2D eigenvalue weighted by Gasteiger charge is 2.34. The van der Waals surface area contributed by atoms with Crippen LogP contribution >= 0.6 is 0 Å². The number of amides is 1. The van der Waals surface area contributed by atoms with Crippen LogP contribution < -0.4 is 5.32 Å². The summed E-state index contributed by atoms with van der Waals surface area (Å²) in [5.41, 5.74) is 1.08. The van der Waals surface area contributed by atoms with Crippen LogP contribution in [-0.2, 0) is 30.3 Å². The normalized spacial score (nSPS) is 19.6. The third-order valence-electron chi connectivity index (χ3n) is 5.62. The number of carboxylic acid groups (broad SMARTS) is 1. The molecule has 8 nitrogen and oxygen atoms in total. The minimum absolute atomic E-state index is 0.0386. The lowest BCUT2D eigenvalue weighted by Gasteiger charge is -2.33. The summed E-state index contributed by atoms with van der Waals surface area (Å²) in [4.78, 5) is 39.0. The lowest BCUT2D eigenvalue weighted by Crippen LogP contribution is -2.56. The summed E-state index contributed by atoms with van der Waals surface area (Å²) < 4.78 is 10.7. The number of nitrogens with zero attached hydrogens (tertiary/aromatic N) is 1. The molecular formula is C24H36N2O6. The first-order chi connectivity index (χ1) is 15.4. The van der Waals surface area contributed by atoms with E-state index >= 15 is 0 Å². The lowest BCUT2D eigenvalue weighted by atomic mass is 10.0. The van der Waals surface area contributed by atoms with E-state index in [0.29, 0.717) is 26.0 Å². The van der Waals surface area contributed by atoms with Gasteiger partial charge in [0.15, 0.2) is 6.04 Å². The first-order valence-electron chi connectivity index (χ1n) is 11.5. The Morgan fingerprint density at radius 1 is 1.19 bits per heavy atom. The van der Waals surface area contributed by atoms with Crippen LogP contribution in [0.1, 0.15) is 51.5 Å². The number of esters is 1. The van der Waals surface area contributed by atoms with Gasteiger partial charge in [-0.2, -0.15) is 0 Å². The molecule has 1 saturated heterocycles. The van der Waals surface area contributed by atoms with Gasteiger partial charge < -0.3 is 19.5 Å². The predicted molar refractivity (Wildman–Crippen MR) is 120 cm³/mol. The Morgan fingerprint density at radius 2 is 1.91 bits per heavy atom. The smallest absolute Gasteiger partial charge is 0.328 e. The summed E-state index contributed by atoms with van der Waals surface area (Å²) in [7, 11) is 0. The Bertz CT molecular complexity index is 726. The molecule has 3 atom stereocenters. The molecule has 0 radical (unpaired) electrons. The van der Waals surface area contributed by atoms with E-state index in [0.717, 1.165) is 31.2 Å². The van der Waals surface area contributed by atoms with E-state index in [1.807, 2.05) is 30.3 Å². The SMILES string of the molecule is CCOC(=O)C(CCc1ccccc1)N[C@@H](C)C(=O)N1CCCCCCOCC1C(=O)O. The maximum Gasteiger partial charge on any atom is 0.328 e. The van der Waals surface area contributed by atoms with E-state index in [-0.39, 0.29) is 19.1 Å². The number of hydrogen-bond donors (Lipinski definition) is 2. The first-order valence-corrected chi connectivity index (χ1v) is 11.5. The molecule has 2 rings (SSSR count). The Balaban J connectivity index is 2.09. The van der Waals surface area contributed by atoms with Gasteiger partial charge in [-0.25, -0.2) is 4.79 Å². The largest absolute Gasteiger partial charge is 0.480 e. The average molecular weight is 449 g/mol. The zero-order valence-corrected chi connectivity index (χ0v) is 19.1. The first kappa shape index (κ1) is 25.8. The van der Waals surface area contributed by atoms with Gasteiger partial charge in [0.1, 0.15) is 6.04 Å². The molecule has 1 fully saturated rings. The molecule has 0 spiro atoms. The number of aliphatic carboxylic acids is 1. The van der Waals surface area contributed by atoms with Crippen LogP contribution in [0.15, 0.2) is 30.3 Å². The van der Waals surface area contributed by atoms with E-state index in [1.54, 1.807) is 13.8 Å². The van der Waals surface area contributed by atoms with E-state index in [9.17, 15) is 19.5 Å². The van der Waals surface area contributed by atoms with Crippen molar-refractivity contribution < 1.29 is 29.0 Å². The second-order valence-corrected chi connectivity index (χ2v) is 8.09. The van der Waals surface area contributed by atoms with E-state index in [2.05, 4.69) is 5.32 Å². The Morgan fingerprint density at radius 3 is 2.59 bits per heavy atom. The second-order valence-electron chi connectivity index (χ2n) is 8.09. The zero-order chi connectivity index (χ0) is 23.3. The molecule has 32 heavy (non-hydrogen) atoms. The maximum atomic E-state index is 13.3. The van der Waals surface area contributed by atoms with Crippen LogP contribution in [0, 0.1) is 0 Å². The highest BCUT2D eigenvalue weighted by atomic mass is 16.5. The standard InChI is InChI=1S/C24H36N2O6/c1-3-32-24(30)20(14-13-19-11-7-6-8-12-19)25-18(2)22(27)26-15-9-4-5-10-16-31-17-21(26)23(28)29/h6-8,11-12,18,20-21,25H,3-5,9-10,13-17H2,1-2H3,(H,28,29)/t18-,20?,21?/m0/s1. The molecule has 0 aliphatic carbocycles. The van der Waals surface area contributed by atoms with Crippen molar-refractivity contribution in [2.45, 2.75) is 70.5 Å². The highest BCUT2D eigenvalue weighted by molar-refractivity contribution is 5.87.